The van der Waals surface area contributed by atoms with Crippen LogP contribution < -0.4 is 10.2 Å². The standard InChI is InChI=1S/C18H20N2OS/c1-5-20-16-2-4-19-10-15(16)14-8-13(12-3-6-21-11-12)9-17(18(14)20)22-7-1/h3,6,8-9,11,15-16,19H,1-2,4-5,7,10H2. The van der Waals surface area contributed by atoms with Crippen LogP contribution in [0.5, 0.6) is 0 Å². The SMILES string of the molecule is c1cc(-c2cc3c4c(c2)C2CNCCC2N4CCCS3)co1. The van der Waals surface area contributed by atoms with Crippen LogP contribution in [0.2, 0.25) is 0 Å². The minimum Gasteiger partial charge on any atom is -0.472 e. The Morgan fingerprint density at radius 2 is 2.27 bits per heavy atom. The molecule has 1 aromatic carbocycles. The lowest BCUT2D eigenvalue weighted by Gasteiger charge is -2.33. The van der Waals surface area contributed by atoms with Gasteiger partial charge >= 0.3 is 0 Å². The molecule has 4 heterocycles. The van der Waals surface area contributed by atoms with Crippen LogP contribution in [0.15, 0.2) is 40.0 Å². The van der Waals surface area contributed by atoms with Crippen LogP contribution in [0.1, 0.15) is 24.3 Å². The van der Waals surface area contributed by atoms with Gasteiger partial charge in [-0.1, -0.05) is 0 Å². The van der Waals surface area contributed by atoms with Gasteiger partial charge in [0, 0.05) is 35.5 Å². The third-order valence-corrected chi connectivity index (χ3v) is 6.41. The molecule has 1 saturated heterocycles. The summed E-state index contributed by atoms with van der Waals surface area (Å²) in [5.74, 6) is 1.88. The van der Waals surface area contributed by atoms with Crippen molar-refractivity contribution in [2.45, 2.75) is 29.7 Å². The van der Waals surface area contributed by atoms with Gasteiger partial charge in [-0.05, 0) is 54.5 Å². The van der Waals surface area contributed by atoms with Crippen molar-refractivity contribution in [3.05, 3.63) is 36.3 Å². The molecule has 3 aliphatic heterocycles. The molecule has 2 atom stereocenters. The highest BCUT2D eigenvalue weighted by Gasteiger charge is 2.41. The second-order valence-corrected chi connectivity index (χ2v) is 7.62. The summed E-state index contributed by atoms with van der Waals surface area (Å²) in [6.07, 6.45) is 6.19. The van der Waals surface area contributed by atoms with Crippen LogP contribution in [-0.2, 0) is 0 Å². The number of piperidine rings is 1. The Hall–Kier alpha value is -1.39. The maximum Gasteiger partial charge on any atom is 0.0980 e. The number of hydrogen-bond acceptors (Lipinski definition) is 4. The maximum absolute atomic E-state index is 5.30. The van der Waals surface area contributed by atoms with Crippen molar-refractivity contribution in [2.24, 2.45) is 0 Å². The summed E-state index contributed by atoms with van der Waals surface area (Å²) in [6.45, 7) is 3.50. The topological polar surface area (TPSA) is 28.4 Å². The summed E-state index contributed by atoms with van der Waals surface area (Å²) < 4.78 is 5.30. The summed E-state index contributed by atoms with van der Waals surface area (Å²) in [5.41, 5.74) is 5.60. The Morgan fingerprint density at radius 3 is 3.18 bits per heavy atom. The van der Waals surface area contributed by atoms with Gasteiger partial charge < -0.3 is 14.6 Å². The van der Waals surface area contributed by atoms with E-state index in [1.54, 1.807) is 11.8 Å². The number of nitrogens with one attached hydrogen (secondary N) is 1. The Balaban J connectivity index is 1.70. The van der Waals surface area contributed by atoms with E-state index in [9.17, 15) is 0 Å². The average Bonchev–Trinajstić information content (AvgIpc) is 3.13. The van der Waals surface area contributed by atoms with Crippen molar-refractivity contribution in [1.82, 2.24) is 5.32 Å². The van der Waals surface area contributed by atoms with E-state index < -0.39 is 0 Å². The third-order valence-electron chi connectivity index (χ3n) is 5.29. The monoisotopic (exact) mass is 312 g/mol. The highest BCUT2D eigenvalue weighted by atomic mass is 32.2. The molecule has 2 unspecified atom stereocenters. The fourth-order valence-electron chi connectivity index (χ4n) is 4.32. The van der Waals surface area contributed by atoms with E-state index in [1.807, 2.05) is 18.0 Å². The number of thioether (sulfide) groups is 1. The molecule has 1 fully saturated rings. The Labute approximate surface area is 135 Å². The van der Waals surface area contributed by atoms with Gasteiger partial charge in [-0.15, -0.1) is 11.8 Å². The summed E-state index contributed by atoms with van der Waals surface area (Å²) in [4.78, 5) is 4.19. The minimum atomic E-state index is 0.646. The molecule has 2 aromatic rings. The van der Waals surface area contributed by atoms with Crippen molar-refractivity contribution in [2.75, 3.05) is 30.3 Å². The highest BCUT2D eigenvalue weighted by Crippen LogP contribution is 2.51. The van der Waals surface area contributed by atoms with Gasteiger partial charge in [-0.2, -0.15) is 0 Å². The fourth-order valence-corrected chi connectivity index (χ4v) is 5.40. The van der Waals surface area contributed by atoms with E-state index in [0.717, 1.165) is 13.1 Å². The molecule has 0 bridgehead atoms. The highest BCUT2D eigenvalue weighted by molar-refractivity contribution is 7.99. The molecule has 4 heteroatoms. The van der Waals surface area contributed by atoms with Crippen LogP contribution in [0.25, 0.3) is 11.1 Å². The predicted molar refractivity (Wildman–Crippen MR) is 90.8 cm³/mol. The minimum absolute atomic E-state index is 0.646. The van der Waals surface area contributed by atoms with Gasteiger partial charge in [0.25, 0.3) is 0 Å². The van der Waals surface area contributed by atoms with Crippen LogP contribution >= 0.6 is 11.8 Å². The first-order valence-electron chi connectivity index (χ1n) is 8.22. The third kappa shape index (κ3) is 1.87. The van der Waals surface area contributed by atoms with E-state index in [2.05, 4.69) is 28.4 Å². The molecule has 22 heavy (non-hydrogen) atoms. The van der Waals surface area contributed by atoms with Gasteiger partial charge in [0.05, 0.1) is 18.2 Å². The van der Waals surface area contributed by atoms with Crippen LogP contribution in [-0.4, -0.2) is 31.4 Å². The second kappa shape index (κ2) is 5.07. The van der Waals surface area contributed by atoms with E-state index in [0.29, 0.717) is 12.0 Å². The van der Waals surface area contributed by atoms with E-state index in [1.165, 1.54) is 46.8 Å². The first-order chi connectivity index (χ1) is 10.9. The number of rotatable bonds is 1. The van der Waals surface area contributed by atoms with Crippen molar-refractivity contribution < 1.29 is 4.42 Å². The second-order valence-electron chi connectivity index (χ2n) is 6.49. The molecule has 0 aliphatic carbocycles. The summed E-state index contributed by atoms with van der Waals surface area (Å²) in [7, 11) is 0. The largest absolute Gasteiger partial charge is 0.472 e. The van der Waals surface area contributed by atoms with Gasteiger partial charge in [0.2, 0.25) is 0 Å². The predicted octanol–water partition coefficient (Wildman–Crippen LogP) is 3.71. The first-order valence-corrected chi connectivity index (χ1v) is 9.21. The molecule has 5 rings (SSSR count). The van der Waals surface area contributed by atoms with Crippen LogP contribution in [0.4, 0.5) is 5.69 Å². The van der Waals surface area contributed by atoms with E-state index in [4.69, 9.17) is 4.42 Å². The quantitative estimate of drug-likeness (QED) is 0.869. The van der Waals surface area contributed by atoms with Crippen molar-refractivity contribution in [3.63, 3.8) is 0 Å². The van der Waals surface area contributed by atoms with Crippen LogP contribution in [0, 0.1) is 0 Å². The number of fused-ring (bicyclic) bond motifs is 3. The first kappa shape index (κ1) is 13.1. The maximum atomic E-state index is 5.30. The molecule has 1 aromatic heterocycles. The molecule has 3 aliphatic rings. The molecular weight excluding hydrogens is 292 g/mol. The lowest BCUT2D eigenvalue weighted by molar-refractivity contribution is 0.403. The van der Waals surface area contributed by atoms with Crippen molar-refractivity contribution in [3.8, 4) is 11.1 Å². The molecule has 0 spiro atoms. The zero-order valence-corrected chi connectivity index (χ0v) is 13.4. The van der Waals surface area contributed by atoms with Gasteiger partial charge in [-0.3, -0.25) is 0 Å². The zero-order chi connectivity index (χ0) is 14.5. The van der Waals surface area contributed by atoms with Gasteiger partial charge in [-0.25, -0.2) is 0 Å². The molecule has 1 N–H and O–H groups in total. The Bertz CT molecular complexity index is 697. The number of anilines is 1. The Kier molecular flexibility index (Phi) is 3.01. The smallest absolute Gasteiger partial charge is 0.0980 e. The van der Waals surface area contributed by atoms with Crippen molar-refractivity contribution in [1.29, 1.82) is 0 Å². The number of benzene rings is 1. The molecule has 3 nitrogen and oxygen atoms in total. The van der Waals surface area contributed by atoms with Gasteiger partial charge in [0.15, 0.2) is 0 Å². The fraction of sp³-hybridized carbons (Fsp3) is 0.444. The average molecular weight is 312 g/mol. The van der Waals surface area contributed by atoms with E-state index >= 15 is 0 Å². The van der Waals surface area contributed by atoms with E-state index in [-0.39, 0.29) is 0 Å². The normalized spacial score (nSPS) is 26.5. The summed E-state index contributed by atoms with van der Waals surface area (Å²) in [6, 6.07) is 7.56. The lowest BCUT2D eigenvalue weighted by atomic mass is 9.89. The molecule has 0 radical (unpaired) electrons. The van der Waals surface area contributed by atoms with Gasteiger partial charge in [0.1, 0.15) is 0 Å². The molecule has 0 amide bonds. The Morgan fingerprint density at radius 1 is 1.27 bits per heavy atom. The zero-order valence-electron chi connectivity index (χ0n) is 12.5. The number of hydrogen-bond donors (Lipinski definition) is 1. The number of furan rings is 1. The summed E-state index contributed by atoms with van der Waals surface area (Å²) in [5, 5.41) is 3.60. The summed E-state index contributed by atoms with van der Waals surface area (Å²) >= 11 is 2.03. The lowest BCUT2D eigenvalue weighted by Crippen LogP contribution is -2.44. The molecule has 114 valence electrons. The van der Waals surface area contributed by atoms with Crippen molar-refractivity contribution >= 4 is 17.4 Å². The molecule has 0 saturated carbocycles. The number of nitrogens with zero attached hydrogens (tertiary/aromatic N) is 1. The molecular formula is C18H20N2OS. The van der Waals surface area contributed by atoms with Crippen LogP contribution in [0.3, 0.4) is 0 Å².